The van der Waals surface area contributed by atoms with Crippen LogP contribution in [0.1, 0.15) is 13.8 Å². The Hall–Kier alpha value is -1.25. The summed E-state index contributed by atoms with van der Waals surface area (Å²) in [5, 5.41) is 0. The third kappa shape index (κ3) is 1.87. The third-order valence-electron chi connectivity index (χ3n) is 1.87. The van der Waals surface area contributed by atoms with E-state index in [1.165, 1.54) is 0 Å². The van der Waals surface area contributed by atoms with E-state index in [0.717, 1.165) is 24.5 Å². The van der Waals surface area contributed by atoms with Gasteiger partial charge in [0.2, 0.25) is 0 Å². The first-order valence-electron chi connectivity index (χ1n) is 4.23. The van der Waals surface area contributed by atoms with Gasteiger partial charge in [-0.3, -0.25) is 4.98 Å². The number of anilines is 2. The summed E-state index contributed by atoms with van der Waals surface area (Å²) >= 11 is 0. The molecule has 0 aliphatic rings. The van der Waals surface area contributed by atoms with Crippen molar-refractivity contribution in [2.24, 2.45) is 0 Å². The predicted octanol–water partition coefficient (Wildman–Crippen LogP) is 1.51. The van der Waals surface area contributed by atoms with Crippen LogP contribution in [0.25, 0.3) is 0 Å². The monoisotopic (exact) mass is 165 g/mol. The van der Waals surface area contributed by atoms with Gasteiger partial charge in [-0.15, -0.1) is 0 Å². The average Bonchev–Trinajstić information content (AvgIpc) is 2.07. The molecule has 2 N–H and O–H groups in total. The molecule has 1 aromatic heterocycles. The summed E-state index contributed by atoms with van der Waals surface area (Å²) in [6.07, 6.45) is 3.50. The van der Waals surface area contributed by atoms with Crippen LogP contribution in [0, 0.1) is 0 Å². The first kappa shape index (κ1) is 8.84. The SMILES string of the molecule is CCN(CC)c1cncc(N)c1. The minimum Gasteiger partial charge on any atom is -0.397 e. The number of hydrogen-bond donors (Lipinski definition) is 1. The summed E-state index contributed by atoms with van der Waals surface area (Å²) in [4.78, 5) is 6.25. The predicted molar refractivity (Wildman–Crippen MR) is 52.2 cm³/mol. The topological polar surface area (TPSA) is 42.2 Å². The molecule has 1 rings (SSSR count). The van der Waals surface area contributed by atoms with Crippen molar-refractivity contribution in [1.82, 2.24) is 4.98 Å². The Kier molecular flexibility index (Phi) is 2.91. The third-order valence-corrected chi connectivity index (χ3v) is 1.87. The molecule has 0 atom stereocenters. The quantitative estimate of drug-likeness (QED) is 0.738. The molecule has 0 saturated carbocycles. The Morgan fingerprint density at radius 1 is 1.33 bits per heavy atom. The fourth-order valence-electron chi connectivity index (χ4n) is 1.21. The molecule has 1 heterocycles. The number of rotatable bonds is 3. The molecule has 66 valence electrons. The van der Waals surface area contributed by atoms with Gasteiger partial charge in [0.25, 0.3) is 0 Å². The van der Waals surface area contributed by atoms with Gasteiger partial charge in [-0.1, -0.05) is 0 Å². The molecule has 12 heavy (non-hydrogen) atoms. The molecular weight excluding hydrogens is 150 g/mol. The summed E-state index contributed by atoms with van der Waals surface area (Å²) in [6, 6.07) is 1.94. The molecular formula is C9H15N3. The number of nitrogens with zero attached hydrogens (tertiary/aromatic N) is 2. The summed E-state index contributed by atoms with van der Waals surface area (Å²) in [7, 11) is 0. The summed E-state index contributed by atoms with van der Waals surface area (Å²) in [5.41, 5.74) is 7.44. The van der Waals surface area contributed by atoms with Gasteiger partial charge in [-0.2, -0.15) is 0 Å². The molecule has 0 saturated heterocycles. The molecule has 0 aliphatic carbocycles. The summed E-state index contributed by atoms with van der Waals surface area (Å²) in [6.45, 7) is 6.21. The number of hydrogen-bond acceptors (Lipinski definition) is 3. The Labute approximate surface area is 73.2 Å². The Morgan fingerprint density at radius 2 is 2.00 bits per heavy atom. The fourth-order valence-corrected chi connectivity index (χ4v) is 1.21. The molecule has 0 bridgehead atoms. The van der Waals surface area contributed by atoms with E-state index >= 15 is 0 Å². The van der Waals surface area contributed by atoms with E-state index in [0.29, 0.717) is 0 Å². The van der Waals surface area contributed by atoms with Crippen molar-refractivity contribution in [2.45, 2.75) is 13.8 Å². The smallest absolute Gasteiger partial charge is 0.0573 e. The molecule has 1 aromatic rings. The van der Waals surface area contributed by atoms with Crippen molar-refractivity contribution in [3.8, 4) is 0 Å². The molecule has 0 unspecified atom stereocenters. The summed E-state index contributed by atoms with van der Waals surface area (Å²) < 4.78 is 0. The molecule has 0 fully saturated rings. The Balaban J connectivity index is 2.85. The lowest BCUT2D eigenvalue weighted by Crippen LogP contribution is -2.21. The van der Waals surface area contributed by atoms with Gasteiger partial charge in [0.15, 0.2) is 0 Å². The first-order valence-corrected chi connectivity index (χ1v) is 4.23. The first-order chi connectivity index (χ1) is 5.77. The molecule has 0 aliphatic heterocycles. The van der Waals surface area contributed by atoms with Gasteiger partial charge >= 0.3 is 0 Å². The van der Waals surface area contributed by atoms with Gasteiger partial charge in [0.05, 0.1) is 17.6 Å². The number of aromatic nitrogens is 1. The second-order valence-corrected chi connectivity index (χ2v) is 2.65. The molecule has 3 heteroatoms. The second-order valence-electron chi connectivity index (χ2n) is 2.65. The van der Waals surface area contributed by atoms with Crippen molar-refractivity contribution < 1.29 is 0 Å². The van der Waals surface area contributed by atoms with Gasteiger partial charge in [-0.05, 0) is 19.9 Å². The van der Waals surface area contributed by atoms with Crippen molar-refractivity contribution in [2.75, 3.05) is 23.7 Å². The van der Waals surface area contributed by atoms with Crippen LogP contribution in [0.5, 0.6) is 0 Å². The Bertz CT molecular complexity index is 243. The van der Waals surface area contributed by atoms with Crippen LogP contribution in [0.2, 0.25) is 0 Å². The van der Waals surface area contributed by atoms with Crippen LogP contribution < -0.4 is 10.6 Å². The zero-order valence-electron chi connectivity index (χ0n) is 7.62. The van der Waals surface area contributed by atoms with Crippen molar-refractivity contribution >= 4 is 11.4 Å². The number of nitrogen functional groups attached to an aromatic ring is 1. The largest absolute Gasteiger partial charge is 0.397 e. The maximum atomic E-state index is 5.62. The van der Waals surface area contributed by atoms with Crippen LogP contribution in [-0.4, -0.2) is 18.1 Å². The van der Waals surface area contributed by atoms with Crippen LogP contribution in [0.3, 0.4) is 0 Å². The molecule has 0 radical (unpaired) electrons. The minimum atomic E-state index is 0.722. The second kappa shape index (κ2) is 3.95. The van der Waals surface area contributed by atoms with E-state index in [2.05, 4.69) is 23.7 Å². The van der Waals surface area contributed by atoms with Gasteiger partial charge in [0.1, 0.15) is 0 Å². The van der Waals surface area contributed by atoms with Gasteiger partial charge < -0.3 is 10.6 Å². The van der Waals surface area contributed by atoms with Crippen LogP contribution in [0.4, 0.5) is 11.4 Å². The zero-order valence-corrected chi connectivity index (χ0v) is 7.62. The van der Waals surface area contributed by atoms with E-state index in [-0.39, 0.29) is 0 Å². The van der Waals surface area contributed by atoms with Gasteiger partial charge in [0, 0.05) is 19.3 Å². The highest BCUT2D eigenvalue weighted by Crippen LogP contribution is 2.14. The lowest BCUT2D eigenvalue weighted by Gasteiger charge is -2.20. The number of nitrogens with two attached hydrogens (primary N) is 1. The van der Waals surface area contributed by atoms with E-state index in [1.54, 1.807) is 6.20 Å². The highest BCUT2D eigenvalue weighted by atomic mass is 15.1. The van der Waals surface area contributed by atoms with E-state index in [4.69, 9.17) is 5.73 Å². The lowest BCUT2D eigenvalue weighted by atomic mass is 10.3. The number of pyridine rings is 1. The van der Waals surface area contributed by atoms with Crippen molar-refractivity contribution in [3.63, 3.8) is 0 Å². The normalized spacial score (nSPS) is 9.83. The standard InChI is InChI=1S/C9H15N3/c1-3-12(4-2)9-5-8(10)6-11-7-9/h5-7H,3-4,10H2,1-2H3. The maximum absolute atomic E-state index is 5.62. The van der Waals surface area contributed by atoms with Crippen LogP contribution in [0.15, 0.2) is 18.5 Å². The zero-order chi connectivity index (χ0) is 8.97. The average molecular weight is 165 g/mol. The lowest BCUT2D eigenvalue weighted by molar-refractivity contribution is 0.863. The van der Waals surface area contributed by atoms with E-state index in [1.807, 2.05) is 12.3 Å². The van der Waals surface area contributed by atoms with Crippen LogP contribution in [-0.2, 0) is 0 Å². The maximum Gasteiger partial charge on any atom is 0.0573 e. The fraction of sp³-hybridized carbons (Fsp3) is 0.444. The molecule has 0 amide bonds. The Morgan fingerprint density at radius 3 is 2.50 bits per heavy atom. The molecule has 0 aromatic carbocycles. The summed E-state index contributed by atoms with van der Waals surface area (Å²) in [5.74, 6) is 0. The minimum absolute atomic E-state index is 0.722. The van der Waals surface area contributed by atoms with E-state index < -0.39 is 0 Å². The molecule has 3 nitrogen and oxygen atoms in total. The molecule has 0 spiro atoms. The van der Waals surface area contributed by atoms with Crippen LogP contribution >= 0.6 is 0 Å². The van der Waals surface area contributed by atoms with E-state index in [9.17, 15) is 0 Å². The van der Waals surface area contributed by atoms with Crippen molar-refractivity contribution in [3.05, 3.63) is 18.5 Å². The highest BCUT2D eigenvalue weighted by molar-refractivity contribution is 5.52. The van der Waals surface area contributed by atoms with Crippen molar-refractivity contribution in [1.29, 1.82) is 0 Å². The van der Waals surface area contributed by atoms with Gasteiger partial charge in [-0.25, -0.2) is 0 Å². The highest BCUT2D eigenvalue weighted by Gasteiger charge is 2.00.